The Morgan fingerprint density at radius 1 is 1.50 bits per heavy atom. The number of hydrogen-bond acceptors (Lipinski definition) is 2. The van der Waals surface area contributed by atoms with Crippen molar-refractivity contribution in [3.8, 4) is 5.88 Å². The lowest BCUT2D eigenvalue weighted by Crippen LogP contribution is -2.37. The summed E-state index contributed by atoms with van der Waals surface area (Å²) in [5.74, 6) is -2.90. The standard InChI is InChI=1S/C11H14F4N2O/c1-7-5-17(6-8-3-11(14,15)4-8)16-9(7)18-10(2,12)13/h5,8H,3-4,6H2,1-2H3. The number of halogens is 4. The minimum absolute atomic E-state index is 0.158. The van der Waals surface area contributed by atoms with Crippen molar-refractivity contribution in [2.45, 2.75) is 45.3 Å². The fourth-order valence-electron chi connectivity index (χ4n) is 2.05. The summed E-state index contributed by atoms with van der Waals surface area (Å²) >= 11 is 0. The van der Waals surface area contributed by atoms with Gasteiger partial charge in [0.2, 0.25) is 11.8 Å². The lowest BCUT2D eigenvalue weighted by molar-refractivity contribution is -0.161. The van der Waals surface area contributed by atoms with Crippen LogP contribution in [0.3, 0.4) is 0 Å². The van der Waals surface area contributed by atoms with Crippen molar-refractivity contribution in [3.05, 3.63) is 11.8 Å². The predicted molar refractivity (Wildman–Crippen MR) is 55.9 cm³/mol. The molecule has 0 aromatic carbocycles. The highest BCUT2D eigenvalue weighted by molar-refractivity contribution is 5.21. The van der Waals surface area contributed by atoms with Crippen molar-refractivity contribution in [1.29, 1.82) is 0 Å². The highest BCUT2D eigenvalue weighted by Crippen LogP contribution is 2.43. The number of rotatable bonds is 4. The minimum atomic E-state index is -3.30. The smallest absolute Gasteiger partial charge is 0.396 e. The van der Waals surface area contributed by atoms with Crippen LogP contribution in [-0.2, 0) is 6.54 Å². The van der Waals surface area contributed by atoms with Crippen molar-refractivity contribution in [3.63, 3.8) is 0 Å². The fourth-order valence-corrected chi connectivity index (χ4v) is 2.05. The number of nitrogens with zero attached hydrogens (tertiary/aromatic N) is 2. The molecule has 1 aromatic rings. The Kier molecular flexibility index (Phi) is 3.03. The van der Waals surface area contributed by atoms with Crippen molar-refractivity contribution >= 4 is 0 Å². The van der Waals surface area contributed by atoms with Crippen LogP contribution >= 0.6 is 0 Å². The van der Waals surface area contributed by atoms with Crippen LogP contribution in [0.1, 0.15) is 25.3 Å². The zero-order valence-corrected chi connectivity index (χ0v) is 10.1. The SMILES string of the molecule is Cc1cn(CC2CC(F)(F)C2)nc1OC(C)(F)F. The van der Waals surface area contributed by atoms with Crippen LogP contribution in [0.5, 0.6) is 5.88 Å². The molecule has 0 amide bonds. The third-order valence-electron chi connectivity index (χ3n) is 2.80. The average Bonchev–Trinajstić information content (AvgIpc) is 2.40. The maximum absolute atomic E-state index is 12.7. The van der Waals surface area contributed by atoms with Gasteiger partial charge in [-0.3, -0.25) is 4.68 Å². The van der Waals surface area contributed by atoms with E-state index < -0.39 is 12.0 Å². The predicted octanol–water partition coefficient (Wildman–Crippen LogP) is 3.23. The molecule has 0 N–H and O–H groups in total. The van der Waals surface area contributed by atoms with Crippen LogP contribution < -0.4 is 4.74 Å². The molecule has 3 nitrogen and oxygen atoms in total. The number of aryl methyl sites for hydroxylation is 1. The molecule has 7 heteroatoms. The summed E-state index contributed by atoms with van der Waals surface area (Å²) in [7, 11) is 0. The quantitative estimate of drug-likeness (QED) is 0.782. The first-order valence-electron chi connectivity index (χ1n) is 5.63. The minimum Gasteiger partial charge on any atom is -0.413 e. The third-order valence-corrected chi connectivity index (χ3v) is 2.80. The normalized spacial score (nSPS) is 19.7. The molecule has 1 aliphatic rings. The van der Waals surface area contributed by atoms with Crippen LogP contribution in [0.2, 0.25) is 0 Å². The summed E-state index contributed by atoms with van der Waals surface area (Å²) in [5, 5.41) is 3.83. The molecular weight excluding hydrogens is 252 g/mol. The second-order valence-corrected chi connectivity index (χ2v) is 4.88. The van der Waals surface area contributed by atoms with E-state index in [9.17, 15) is 17.6 Å². The van der Waals surface area contributed by atoms with E-state index in [1.54, 1.807) is 6.92 Å². The maximum atomic E-state index is 12.7. The van der Waals surface area contributed by atoms with E-state index in [1.165, 1.54) is 10.9 Å². The Bertz CT molecular complexity index is 431. The summed E-state index contributed by atoms with van der Waals surface area (Å²) in [6.45, 7) is 2.51. The highest BCUT2D eigenvalue weighted by atomic mass is 19.3. The maximum Gasteiger partial charge on any atom is 0.396 e. The molecule has 1 fully saturated rings. The summed E-state index contributed by atoms with van der Waals surface area (Å²) in [4.78, 5) is 0. The van der Waals surface area contributed by atoms with Crippen molar-refractivity contribution < 1.29 is 22.3 Å². The molecule has 2 rings (SSSR count). The van der Waals surface area contributed by atoms with E-state index in [1.807, 2.05) is 0 Å². The molecule has 0 spiro atoms. The second kappa shape index (κ2) is 4.13. The Labute approximate surface area is 102 Å². The van der Waals surface area contributed by atoms with Gasteiger partial charge >= 0.3 is 6.11 Å². The topological polar surface area (TPSA) is 27.1 Å². The van der Waals surface area contributed by atoms with Crippen LogP contribution in [0.4, 0.5) is 17.6 Å². The number of hydrogen-bond donors (Lipinski definition) is 0. The molecule has 0 aliphatic heterocycles. The van der Waals surface area contributed by atoms with Gasteiger partial charge in [0.15, 0.2) is 0 Å². The van der Waals surface area contributed by atoms with Gasteiger partial charge in [-0.25, -0.2) is 8.78 Å². The molecule has 0 saturated heterocycles. The van der Waals surface area contributed by atoms with Gasteiger partial charge in [-0.2, -0.15) is 8.78 Å². The van der Waals surface area contributed by atoms with E-state index in [-0.39, 0.29) is 24.6 Å². The number of alkyl halides is 4. The molecule has 1 aliphatic carbocycles. The molecule has 102 valence electrons. The fraction of sp³-hybridized carbons (Fsp3) is 0.727. The zero-order chi connectivity index (χ0) is 13.6. The van der Waals surface area contributed by atoms with Crippen molar-refractivity contribution in [2.24, 2.45) is 5.92 Å². The molecular formula is C11H14F4N2O. The number of aromatic nitrogens is 2. The molecule has 0 unspecified atom stereocenters. The van der Waals surface area contributed by atoms with E-state index in [0.29, 0.717) is 19.0 Å². The van der Waals surface area contributed by atoms with E-state index in [4.69, 9.17) is 0 Å². The molecule has 1 saturated carbocycles. The largest absolute Gasteiger partial charge is 0.413 e. The van der Waals surface area contributed by atoms with Crippen LogP contribution in [0, 0.1) is 12.8 Å². The first-order chi connectivity index (χ1) is 8.15. The number of ether oxygens (including phenoxy) is 1. The van der Waals surface area contributed by atoms with E-state index in [0.717, 1.165) is 0 Å². The first-order valence-corrected chi connectivity index (χ1v) is 5.63. The van der Waals surface area contributed by atoms with Crippen molar-refractivity contribution in [1.82, 2.24) is 9.78 Å². The summed E-state index contributed by atoms with van der Waals surface area (Å²) in [6, 6.07) is 0. The van der Waals surface area contributed by atoms with Crippen LogP contribution in [-0.4, -0.2) is 21.8 Å². The molecule has 18 heavy (non-hydrogen) atoms. The Morgan fingerprint density at radius 3 is 2.61 bits per heavy atom. The molecule has 0 radical (unpaired) electrons. The molecule has 1 heterocycles. The van der Waals surface area contributed by atoms with Gasteiger partial charge in [-0.05, 0) is 12.8 Å². The summed E-state index contributed by atoms with van der Waals surface area (Å²) < 4.78 is 56.4. The van der Waals surface area contributed by atoms with Gasteiger partial charge < -0.3 is 4.74 Å². The van der Waals surface area contributed by atoms with Gasteiger partial charge in [-0.1, -0.05) is 0 Å². The summed E-state index contributed by atoms with van der Waals surface area (Å²) in [6.07, 6.45) is -2.12. The van der Waals surface area contributed by atoms with E-state index in [2.05, 4.69) is 9.84 Å². The van der Waals surface area contributed by atoms with Gasteiger partial charge in [0.25, 0.3) is 0 Å². The summed E-state index contributed by atoms with van der Waals surface area (Å²) in [5.41, 5.74) is 0.461. The lowest BCUT2D eigenvalue weighted by atomic mass is 9.81. The van der Waals surface area contributed by atoms with Gasteiger partial charge in [0.1, 0.15) is 0 Å². The van der Waals surface area contributed by atoms with Gasteiger partial charge in [0, 0.05) is 38.1 Å². The average molecular weight is 266 g/mol. The van der Waals surface area contributed by atoms with Crippen molar-refractivity contribution in [2.75, 3.05) is 0 Å². The zero-order valence-electron chi connectivity index (χ0n) is 10.1. The third kappa shape index (κ3) is 3.14. The molecule has 1 aromatic heterocycles. The monoisotopic (exact) mass is 266 g/mol. The molecule has 0 bridgehead atoms. The Morgan fingerprint density at radius 2 is 2.11 bits per heavy atom. The van der Waals surface area contributed by atoms with Gasteiger partial charge in [0.05, 0.1) is 0 Å². The Hall–Kier alpha value is -1.27. The van der Waals surface area contributed by atoms with Crippen LogP contribution in [0.25, 0.3) is 0 Å². The first kappa shape index (κ1) is 13.2. The van der Waals surface area contributed by atoms with E-state index >= 15 is 0 Å². The second-order valence-electron chi connectivity index (χ2n) is 4.88. The highest BCUT2D eigenvalue weighted by Gasteiger charge is 2.45. The lowest BCUT2D eigenvalue weighted by Gasteiger charge is -2.34. The Balaban J connectivity index is 1.97. The molecule has 0 atom stereocenters. The van der Waals surface area contributed by atoms with Crippen LogP contribution in [0.15, 0.2) is 6.20 Å². The van der Waals surface area contributed by atoms with Gasteiger partial charge in [-0.15, -0.1) is 5.10 Å².